The Morgan fingerprint density at radius 2 is 1.94 bits per heavy atom. The summed E-state index contributed by atoms with van der Waals surface area (Å²) in [5.74, 6) is 0. The first-order valence-corrected chi connectivity index (χ1v) is 7.28. The van der Waals surface area contributed by atoms with Gasteiger partial charge in [0.25, 0.3) is 0 Å². The van der Waals surface area contributed by atoms with Crippen molar-refractivity contribution in [1.29, 1.82) is 0 Å². The highest BCUT2D eigenvalue weighted by atomic mass is 35.5. The molecule has 1 aliphatic carbocycles. The number of aliphatic hydroxyl groups excluding tert-OH is 1. The molecular formula is C15H22ClNO. The first-order chi connectivity index (χ1) is 8.70. The van der Waals surface area contributed by atoms with Crippen LogP contribution in [0.4, 0.5) is 0 Å². The molecule has 0 spiro atoms. The van der Waals surface area contributed by atoms with Gasteiger partial charge in [0.05, 0.1) is 6.10 Å². The van der Waals surface area contributed by atoms with E-state index in [1.807, 2.05) is 12.1 Å². The first kappa shape index (κ1) is 13.9. The molecular weight excluding hydrogens is 246 g/mol. The van der Waals surface area contributed by atoms with Crippen LogP contribution in [-0.2, 0) is 0 Å². The average Bonchev–Trinajstić information content (AvgIpc) is 2.39. The van der Waals surface area contributed by atoms with E-state index in [2.05, 4.69) is 24.4 Å². The topological polar surface area (TPSA) is 32.3 Å². The van der Waals surface area contributed by atoms with Crippen molar-refractivity contribution < 1.29 is 5.11 Å². The Morgan fingerprint density at radius 3 is 2.56 bits per heavy atom. The minimum atomic E-state index is -0.194. The van der Waals surface area contributed by atoms with Crippen molar-refractivity contribution >= 4 is 11.6 Å². The van der Waals surface area contributed by atoms with E-state index in [1.165, 1.54) is 12.0 Å². The van der Waals surface area contributed by atoms with E-state index < -0.39 is 0 Å². The molecule has 0 amide bonds. The summed E-state index contributed by atoms with van der Waals surface area (Å²) in [7, 11) is 0. The Bertz CT molecular complexity index is 365. The molecule has 2 N–H and O–H groups in total. The highest BCUT2D eigenvalue weighted by molar-refractivity contribution is 6.30. The van der Waals surface area contributed by atoms with E-state index in [4.69, 9.17) is 11.6 Å². The van der Waals surface area contributed by atoms with E-state index in [0.29, 0.717) is 6.04 Å². The number of hydrogen-bond acceptors (Lipinski definition) is 2. The Hall–Kier alpha value is -0.570. The Labute approximate surface area is 114 Å². The molecule has 0 radical (unpaired) electrons. The summed E-state index contributed by atoms with van der Waals surface area (Å²) >= 11 is 5.91. The molecule has 1 aromatic rings. The van der Waals surface area contributed by atoms with Crippen molar-refractivity contribution in [1.82, 2.24) is 5.32 Å². The maximum atomic E-state index is 10.0. The number of nitrogens with one attached hydrogen (secondary N) is 1. The van der Waals surface area contributed by atoms with Gasteiger partial charge in [0.2, 0.25) is 0 Å². The summed E-state index contributed by atoms with van der Waals surface area (Å²) < 4.78 is 0. The quantitative estimate of drug-likeness (QED) is 0.872. The van der Waals surface area contributed by atoms with E-state index in [0.717, 1.165) is 30.7 Å². The molecule has 0 bridgehead atoms. The van der Waals surface area contributed by atoms with E-state index >= 15 is 0 Å². The molecule has 1 fully saturated rings. The van der Waals surface area contributed by atoms with Crippen LogP contribution in [0.1, 0.15) is 50.6 Å². The monoisotopic (exact) mass is 267 g/mol. The molecule has 0 heterocycles. The zero-order valence-electron chi connectivity index (χ0n) is 10.9. The minimum absolute atomic E-state index is 0.194. The third-order valence-corrected chi connectivity index (χ3v) is 4.08. The maximum Gasteiger partial charge on any atom is 0.0693 e. The van der Waals surface area contributed by atoms with Gasteiger partial charge in [-0.3, -0.25) is 0 Å². The van der Waals surface area contributed by atoms with Crippen LogP contribution in [0, 0.1) is 0 Å². The van der Waals surface area contributed by atoms with Gasteiger partial charge >= 0.3 is 0 Å². The van der Waals surface area contributed by atoms with Crippen molar-refractivity contribution in [2.45, 2.75) is 57.2 Å². The fourth-order valence-corrected chi connectivity index (χ4v) is 2.83. The number of benzene rings is 1. The van der Waals surface area contributed by atoms with Gasteiger partial charge in [-0.2, -0.15) is 0 Å². The van der Waals surface area contributed by atoms with E-state index in [9.17, 15) is 5.11 Å². The molecule has 100 valence electrons. The molecule has 3 atom stereocenters. The Kier molecular flexibility index (Phi) is 5.04. The lowest BCUT2D eigenvalue weighted by Gasteiger charge is -2.32. The molecule has 1 saturated carbocycles. The molecule has 2 rings (SSSR count). The van der Waals surface area contributed by atoms with Gasteiger partial charge in [0.15, 0.2) is 0 Å². The number of aliphatic hydroxyl groups is 1. The van der Waals surface area contributed by atoms with Crippen LogP contribution >= 0.6 is 11.6 Å². The summed E-state index contributed by atoms with van der Waals surface area (Å²) in [5.41, 5.74) is 1.25. The smallest absolute Gasteiger partial charge is 0.0693 e. The maximum absolute atomic E-state index is 10.0. The van der Waals surface area contributed by atoms with Crippen LogP contribution in [-0.4, -0.2) is 17.3 Å². The molecule has 1 aliphatic rings. The molecule has 18 heavy (non-hydrogen) atoms. The van der Waals surface area contributed by atoms with Gasteiger partial charge in [0.1, 0.15) is 0 Å². The third kappa shape index (κ3) is 3.47. The standard InChI is InChI=1S/C15H22ClNO/c1-2-13(11-7-9-12(16)10-8-11)17-14-5-3-4-6-15(14)18/h7-10,13-15,17-18H,2-6H2,1H3. The summed E-state index contributed by atoms with van der Waals surface area (Å²) in [6.45, 7) is 2.17. The van der Waals surface area contributed by atoms with Gasteiger partial charge in [0, 0.05) is 17.1 Å². The summed E-state index contributed by atoms with van der Waals surface area (Å²) in [5, 5.41) is 14.4. The lowest BCUT2D eigenvalue weighted by Crippen LogP contribution is -2.43. The van der Waals surface area contributed by atoms with Gasteiger partial charge in [-0.15, -0.1) is 0 Å². The molecule has 2 nitrogen and oxygen atoms in total. The van der Waals surface area contributed by atoms with Gasteiger partial charge < -0.3 is 10.4 Å². The second-order valence-corrected chi connectivity index (χ2v) is 5.57. The van der Waals surface area contributed by atoms with Crippen molar-refractivity contribution in [2.75, 3.05) is 0 Å². The summed E-state index contributed by atoms with van der Waals surface area (Å²) in [4.78, 5) is 0. The third-order valence-electron chi connectivity index (χ3n) is 3.83. The lowest BCUT2D eigenvalue weighted by atomic mass is 9.91. The van der Waals surface area contributed by atoms with E-state index in [1.54, 1.807) is 0 Å². The second-order valence-electron chi connectivity index (χ2n) is 5.14. The lowest BCUT2D eigenvalue weighted by molar-refractivity contribution is 0.0844. The fraction of sp³-hybridized carbons (Fsp3) is 0.600. The Balaban J connectivity index is 2.02. The number of hydrogen-bond donors (Lipinski definition) is 2. The summed E-state index contributed by atoms with van der Waals surface area (Å²) in [6, 6.07) is 8.54. The predicted octanol–water partition coefficient (Wildman–Crippen LogP) is 3.68. The molecule has 3 unspecified atom stereocenters. The highest BCUT2D eigenvalue weighted by Gasteiger charge is 2.25. The first-order valence-electron chi connectivity index (χ1n) is 6.90. The normalized spacial score (nSPS) is 25.9. The SMILES string of the molecule is CCC(NC1CCCCC1O)c1ccc(Cl)cc1. The van der Waals surface area contributed by atoms with E-state index in [-0.39, 0.29) is 12.1 Å². The van der Waals surface area contributed by atoms with Gasteiger partial charge in [-0.05, 0) is 37.0 Å². The second kappa shape index (κ2) is 6.55. The zero-order chi connectivity index (χ0) is 13.0. The highest BCUT2D eigenvalue weighted by Crippen LogP contribution is 2.24. The summed E-state index contributed by atoms with van der Waals surface area (Å²) in [6.07, 6.45) is 5.19. The average molecular weight is 268 g/mol. The van der Waals surface area contributed by atoms with Crippen molar-refractivity contribution in [3.05, 3.63) is 34.9 Å². The van der Waals surface area contributed by atoms with Crippen LogP contribution in [0.15, 0.2) is 24.3 Å². The van der Waals surface area contributed by atoms with Crippen LogP contribution in [0.25, 0.3) is 0 Å². The van der Waals surface area contributed by atoms with Gasteiger partial charge in [-0.1, -0.05) is 43.5 Å². The van der Waals surface area contributed by atoms with Crippen molar-refractivity contribution in [3.8, 4) is 0 Å². The van der Waals surface area contributed by atoms with Crippen molar-refractivity contribution in [2.24, 2.45) is 0 Å². The van der Waals surface area contributed by atoms with Gasteiger partial charge in [-0.25, -0.2) is 0 Å². The molecule has 1 aromatic carbocycles. The van der Waals surface area contributed by atoms with Crippen LogP contribution in [0.3, 0.4) is 0 Å². The zero-order valence-corrected chi connectivity index (χ0v) is 11.7. The van der Waals surface area contributed by atoms with Crippen LogP contribution < -0.4 is 5.32 Å². The number of halogens is 1. The Morgan fingerprint density at radius 1 is 1.28 bits per heavy atom. The van der Waals surface area contributed by atoms with Crippen LogP contribution in [0.2, 0.25) is 5.02 Å². The molecule has 0 aliphatic heterocycles. The largest absolute Gasteiger partial charge is 0.392 e. The molecule has 0 saturated heterocycles. The molecule has 3 heteroatoms. The fourth-order valence-electron chi connectivity index (χ4n) is 2.71. The minimum Gasteiger partial charge on any atom is -0.392 e. The molecule has 0 aromatic heterocycles. The van der Waals surface area contributed by atoms with Crippen LogP contribution in [0.5, 0.6) is 0 Å². The van der Waals surface area contributed by atoms with Crippen molar-refractivity contribution in [3.63, 3.8) is 0 Å². The predicted molar refractivity (Wildman–Crippen MR) is 75.9 cm³/mol. The number of rotatable bonds is 4.